The summed E-state index contributed by atoms with van der Waals surface area (Å²) >= 11 is 0. The van der Waals surface area contributed by atoms with Crippen LogP contribution in [0.4, 0.5) is 5.69 Å². The molecule has 1 aromatic heterocycles. The Kier molecular flexibility index (Phi) is 6.68. The normalized spacial score (nSPS) is 11.6. The molecule has 0 aliphatic heterocycles. The molecule has 0 bridgehead atoms. The highest BCUT2D eigenvalue weighted by Gasteiger charge is 2.13. The number of rotatable bonds is 7. The first-order chi connectivity index (χ1) is 14.8. The van der Waals surface area contributed by atoms with Gasteiger partial charge in [0.15, 0.2) is 11.5 Å². The van der Waals surface area contributed by atoms with Crippen LogP contribution in [-0.2, 0) is 14.8 Å². The second-order valence-corrected chi connectivity index (χ2v) is 7.99. The standard InChI is InChI=1S/C22H21N3O5S/c1-29-20-10-5-15(12-21(20)30-2)19(16-4-3-11-24-14-16)13-22(26)25-17-6-8-18(9-7-17)31(23,27)28/h3-14H,1-2H3,(H,25,26)(H2,23,27,28). The zero-order valence-corrected chi connectivity index (χ0v) is 17.7. The largest absolute Gasteiger partial charge is 0.493 e. The third-order valence-corrected chi connectivity index (χ3v) is 5.32. The zero-order chi connectivity index (χ0) is 22.4. The van der Waals surface area contributed by atoms with Gasteiger partial charge in [0, 0.05) is 29.7 Å². The molecular weight excluding hydrogens is 418 g/mol. The summed E-state index contributed by atoms with van der Waals surface area (Å²) in [5.41, 5.74) is 2.50. The Morgan fingerprint density at radius 1 is 1.00 bits per heavy atom. The van der Waals surface area contributed by atoms with Crippen LogP contribution in [-0.4, -0.2) is 33.5 Å². The van der Waals surface area contributed by atoms with Crippen LogP contribution in [0.2, 0.25) is 0 Å². The Morgan fingerprint density at radius 2 is 1.71 bits per heavy atom. The van der Waals surface area contributed by atoms with Crippen molar-refractivity contribution in [1.82, 2.24) is 4.98 Å². The van der Waals surface area contributed by atoms with Gasteiger partial charge in [-0.3, -0.25) is 9.78 Å². The average Bonchev–Trinajstić information content (AvgIpc) is 2.77. The summed E-state index contributed by atoms with van der Waals surface area (Å²) in [4.78, 5) is 16.8. The van der Waals surface area contributed by atoms with E-state index >= 15 is 0 Å². The van der Waals surface area contributed by atoms with Crippen molar-refractivity contribution < 1.29 is 22.7 Å². The Labute approximate surface area is 180 Å². The molecule has 31 heavy (non-hydrogen) atoms. The van der Waals surface area contributed by atoms with E-state index in [0.29, 0.717) is 22.8 Å². The highest BCUT2D eigenvalue weighted by atomic mass is 32.2. The van der Waals surface area contributed by atoms with Crippen molar-refractivity contribution in [2.45, 2.75) is 4.90 Å². The molecule has 3 rings (SSSR count). The number of nitrogens with one attached hydrogen (secondary N) is 1. The van der Waals surface area contributed by atoms with Crippen molar-refractivity contribution >= 4 is 27.2 Å². The van der Waals surface area contributed by atoms with E-state index in [9.17, 15) is 13.2 Å². The van der Waals surface area contributed by atoms with E-state index in [0.717, 1.165) is 11.1 Å². The highest BCUT2D eigenvalue weighted by molar-refractivity contribution is 7.89. The van der Waals surface area contributed by atoms with Crippen LogP contribution < -0.4 is 19.9 Å². The predicted molar refractivity (Wildman–Crippen MR) is 117 cm³/mol. The van der Waals surface area contributed by atoms with Gasteiger partial charge in [-0.2, -0.15) is 0 Å². The number of nitrogens with two attached hydrogens (primary N) is 1. The lowest BCUT2D eigenvalue weighted by atomic mass is 9.98. The Morgan fingerprint density at radius 3 is 2.29 bits per heavy atom. The molecule has 1 heterocycles. The zero-order valence-electron chi connectivity index (χ0n) is 16.9. The second kappa shape index (κ2) is 9.41. The lowest BCUT2D eigenvalue weighted by molar-refractivity contribution is -0.111. The van der Waals surface area contributed by atoms with Gasteiger partial charge in [-0.25, -0.2) is 13.6 Å². The quantitative estimate of drug-likeness (QED) is 0.546. The molecule has 0 radical (unpaired) electrons. The number of pyridine rings is 1. The fraction of sp³-hybridized carbons (Fsp3) is 0.0909. The number of benzene rings is 2. The van der Waals surface area contributed by atoms with Crippen molar-refractivity contribution in [3.8, 4) is 11.5 Å². The average molecular weight is 439 g/mol. The van der Waals surface area contributed by atoms with E-state index in [1.807, 2.05) is 12.1 Å². The molecule has 0 unspecified atom stereocenters. The third-order valence-electron chi connectivity index (χ3n) is 4.39. The minimum Gasteiger partial charge on any atom is -0.493 e. The summed E-state index contributed by atoms with van der Waals surface area (Å²) in [6, 6.07) is 14.5. The summed E-state index contributed by atoms with van der Waals surface area (Å²) in [5, 5.41) is 7.81. The van der Waals surface area contributed by atoms with Gasteiger partial charge in [-0.1, -0.05) is 12.1 Å². The molecule has 3 aromatic rings. The summed E-state index contributed by atoms with van der Waals surface area (Å²) in [6.45, 7) is 0. The van der Waals surface area contributed by atoms with Gasteiger partial charge in [0.2, 0.25) is 15.9 Å². The van der Waals surface area contributed by atoms with Gasteiger partial charge in [-0.05, 0) is 53.6 Å². The summed E-state index contributed by atoms with van der Waals surface area (Å²) < 4.78 is 33.4. The van der Waals surface area contributed by atoms with Crippen LogP contribution in [0.5, 0.6) is 11.5 Å². The van der Waals surface area contributed by atoms with Gasteiger partial charge >= 0.3 is 0 Å². The number of hydrogen-bond acceptors (Lipinski definition) is 6. The lowest BCUT2D eigenvalue weighted by Crippen LogP contribution is -2.13. The molecular formula is C22H21N3O5S. The summed E-state index contributed by atoms with van der Waals surface area (Å²) in [5.74, 6) is 0.682. The number of carbonyl (C=O) groups excluding carboxylic acids is 1. The lowest BCUT2D eigenvalue weighted by Gasteiger charge is -2.13. The van der Waals surface area contributed by atoms with Crippen molar-refractivity contribution in [2.75, 3.05) is 19.5 Å². The van der Waals surface area contributed by atoms with Gasteiger partial charge in [0.05, 0.1) is 19.1 Å². The minimum atomic E-state index is -3.81. The molecule has 9 heteroatoms. The molecule has 2 aromatic carbocycles. The van der Waals surface area contributed by atoms with Crippen LogP contribution in [0, 0.1) is 0 Å². The number of nitrogens with zero attached hydrogens (tertiary/aromatic N) is 1. The summed E-state index contributed by atoms with van der Waals surface area (Å²) in [7, 11) is -0.725. The fourth-order valence-electron chi connectivity index (χ4n) is 2.90. The molecule has 0 saturated carbocycles. The molecule has 0 aliphatic rings. The van der Waals surface area contributed by atoms with E-state index in [1.54, 1.807) is 37.7 Å². The third kappa shape index (κ3) is 5.47. The molecule has 0 fully saturated rings. The topological polar surface area (TPSA) is 121 Å². The van der Waals surface area contributed by atoms with Crippen LogP contribution in [0.15, 0.2) is 78.0 Å². The van der Waals surface area contributed by atoms with E-state index < -0.39 is 15.9 Å². The molecule has 3 N–H and O–H groups in total. The molecule has 1 amide bonds. The molecule has 8 nitrogen and oxygen atoms in total. The molecule has 0 aliphatic carbocycles. The van der Waals surface area contributed by atoms with Crippen molar-refractivity contribution in [1.29, 1.82) is 0 Å². The minimum absolute atomic E-state index is 0.0394. The maximum Gasteiger partial charge on any atom is 0.249 e. The number of sulfonamides is 1. The Hall–Kier alpha value is -3.69. The molecule has 0 atom stereocenters. The Bertz CT molecular complexity index is 1210. The van der Waals surface area contributed by atoms with Crippen LogP contribution in [0.3, 0.4) is 0 Å². The predicted octanol–water partition coefficient (Wildman–Crippen LogP) is 2.82. The fourth-order valence-corrected chi connectivity index (χ4v) is 3.41. The van der Waals surface area contributed by atoms with Gasteiger partial charge in [0.1, 0.15) is 0 Å². The van der Waals surface area contributed by atoms with Gasteiger partial charge < -0.3 is 14.8 Å². The second-order valence-electron chi connectivity index (χ2n) is 6.43. The summed E-state index contributed by atoms with van der Waals surface area (Å²) in [6.07, 6.45) is 4.73. The maximum atomic E-state index is 12.7. The van der Waals surface area contributed by atoms with Crippen molar-refractivity contribution in [3.63, 3.8) is 0 Å². The van der Waals surface area contributed by atoms with Crippen LogP contribution >= 0.6 is 0 Å². The first-order valence-electron chi connectivity index (χ1n) is 9.10. The van der Waals surface area contributed by atoms with Crippen molar-refractivity contribution in [3.05, 3.63) is 84.2 Å². The first kappa shape index (κ1) is 22.0. The maximum absolute atomic E-state index is 12.7. The molecule has 160 valence electrons. The number of methoxy groups -OCH3 is 2. The number of anilines is 1. The highest BCUT2D eigenvalue weighted by Crippen LogP contribution is 2.32. The van der Waals surface area contributed by atoms with E-state index in [2.05, 4.69) is 10.3 Å². The number of aromatic nitrogens is 1. The van der Waals surface area contributed by atoms with Gasteiger partial charge in [0.25, 0.3) is 0 Å². The number of amides is 1. The number of primary sulfonamides is 1. The van der Waals surface area contributed by atoms with Crippen LogP contribution in [0.25, 0.3) is 5.57 Å². The number of hydrogen-bond donors (Lipinski definition) is 2. The van der Waals surface area contributed by atoms with E-state index in [4.69, 9.17) is 14.6 Å². The molecule has 0 saturated heterocycles. The van der Waals surface area contributed by atoms with Crippen molar-refractivity contribution in [2.24, 2.45) is 5.14 Å². The number of carbonyl (C=O) groups is 1. The molecule has 0 spiro atoms. The van der Waals surface area contributed by atoms with E-state index in [1.165, 1.54) is 37.5 Å². The Balaban J connectivity index is 1.95. The monoisotopic (exact) mass is 439 g/mol. The van der Waals surface area contributed by atoms with Gasteiger partial charge in [-0.15, -0.1) is 0 Å². The first-order valence-corrected chi connectivity index (χ1v) is 10.6. The van der Waals surface area contributed by atoms with E-state index in [-0.39, 0.29) is 4.90 Å². The smallest absolute Gasteiger partial charge is 0.249 e. The SMILES string of the molecule is COc1ccc(C(=CC(=O)Nc2ccc(S(N)(=O)=O)cc2)c2cccnc2)cc1OC. The number of ether oxygens (including phenoxy) is 2. The van der Waals surface area contributed by atoms with Crippen LogP contribution in [0.1, 0.15) is 11.1 Å².